The SMILES string of the molecule is COc1cc2oc(=O)c(CC(=O)N[C@@H](C(=O)O)c3ccccc3)c(C)c2cc1OC. The minimum Gasteiger partial charge on any atom is -0.493 e. The van der Waals surface area contributed by atoms with Crippen molar-refractivity contribution in [2.45, 2.75) is 19.4 Å². The van der Waals surface area contributed by atoms with Crippen LogP contribution in [0.15, 0.2) is 51.7 Å². The Bertz CT molecular complexity index is 1150. The van der Waals surface area contributed by atoms with E-state index in [1.54, 1.807) is 49.4 Å². The lowest BCUT2D eigenvalue weighted by atomic mass is 10.0. The van der Waals surface area contributed by atoms with E-state index in [0.29, 0.717) is 33.6 Å². The molecule has 0 saturated heterocycles. The van der Waals surface area contributed by atoms with Crippen molar-refractivity contribution in [3.8, 4) is 11.5 Å². The molecule has 1 heterocycles. The third-order valence-corrected chi connectivity index (χ3v) is 4.81. The summed E-state index contributed by atoms with van der Waals surface area (Å²) in [4.78, 5) is 36.7. The Labute approximate surface area is 172 Å². The predicted octanol–water partition coefficient (Wildman–Crippen LogP) is 2.60. The molecule has 2 N–H and O–H groups in total. The van der Waals surface area contributed by atoms with Gasteiger partial charge in [-0.1, -0.05) is 30.3 Å². The molecule has 0 aliphatic heterocycles. The Kier molecular flexibility index (Phi) is 6.06. The van der Waals surface area contributed by atoms with Gasteiger partial charge in [-0.3, -0.25) is 4.79 Å². The van der Waals surface area contributed by atoms with Gasteiger partial charge in [-0.2, -0.15) is 0 Å². The van der Waals surface area contributed by atoms with Gasteiger partial charge in [-0.25, -0.2) is 9.59 Å². The number of rotatable bonds is 7. The monoisotopic (exact) mass is 411 g/mol. The second-order valence-electron chi connectivity index (χ2n) is 6.62. The number of amides is 1. The van der Waals surface area contributed by atoms with E-state index in [-0.39, 0.29) is 12.0 Å². The lowest BCUT2D eigenvalue weighted by molar-refractivity contribution is -0.142. The van der Waals surface area contributed by atoms with Crippen LogP contribution in [0.4, 0.5) is 0 Å². The maximum absolute atomic E-state index is 12.6. The van der Waals surface area contributed by atoms with Gasteiger partial charge in [0.15, 0.2) is 17.5 Å². The Morgan fingerprint density at radius 2 is 1.73 bits per heavy atom. The molecule has 0 fully saturated rings. The molecule has 8 heteroatoms. The summed E-state index contributed by atoms with van der Waals surface area (Å²) in [5.41, 5.74) is 0.742. The first kappa shape index (κ1) is 20.9. The number of aliphatic carboxylic acids is 1. The zero-order valence-corrected chi connectivity index (χ0v) is 16.7. The van der Waals surface area contributed by atoms with E-state index < -0.39 is 23.5 Å². The van der Waals surface area contributed by atoms with Crippen LogP contribution in [0.1, 0.15) is 22.7 Å². The second-order valence-corrected chi connectivity index (χ2v) is 6.62. The largest absolute Gasteiger partial charge is 0.493 e. The molecule has 0 aliphatic carbocycles. The van der Waals surface area contributed by atoms with Crippen molar-refractivity contribution in [2.75, 3.05) is 14.2 Å². The van der Waals surface area contributed by atoms with Crippen molar-refractivity contribution in [3.63, 3.8) is 0 Å². The molecule has 2 aromatic carbocycles. The predicted molar refractivity (Wildman–Crippen MR) is 109 cm³/mol. The van der Waals surface area contributed by atoms with Crippen LogP contribution in [-0.2, 0) is 16.0 Å². The maximum atomic E-state index is 12.6. The van der Waals surface area contributed by atoms with E-state index in [1.165, 1.54) is 14.2 Å². The second kappa shape index (κ2) is 8.69. The Hall–Kier alpha value is -3.81. The van der Waals surface area contributed by atoms with Crippen LogP contribution >= 0.6 is 0 Å². The molecule has 0 saturated carbocycles. The maximum Gasteiger partial charge on any atom is 0.340 e. The average Bonchev–Trinajstić information content (AvgIpc) is 2.74. The number of benzene rings is 2. The molecule has 0 spiro atoms. The summed E-state index contributed by atoms with van der Waals surface area (Å²) < 4.78 is 15.9. The van der Waals surface area contributed by atoms with E-state index >= 15 is 0 Å². The number of ether oxygens (including phenoxy) is 2. The van der Waals surface area contributed by atoms with Gasteiger partial charge in [0, 0.05) is 11.5 Å². The Morgan fingerprint density at radius 3 is 2.33 bits per heavy atom. The molecular weight excluding hydrogens is 390 g/mol. The lowest BCUT2D eigenvalue weighted by Gasteiger charge is -2.16. The van der Waals surface area contributed by atoms with Gasteiger partial charge in [0.25, 0.3) is 0 Å². The highest BCUT2D eigenvalue weighted by molar-refractivity contribution is 5.88. The standard InChI is InChI=1S/C22H21NO7/c1-12-14-9-17(28-2)18(29-3)11-16(14)30-22(27)15(12)10-19(24)23-20(21(25)26)13-7-5-4-6-8-13/h4-9,11,20H,10H2,1-3H3,(H,23,24)(H,25,26)/t20-/m1/s1. The van der Waals surface area contributed by atoms with Crippen molar-refractivity contribution >= 4 is 22.8 Å². The minimum absolute atomic E-state index is 0.143. The quantitative estimate of drug-likeness (QED) is 0.574. The fourth-order valence-corrected chi connectivity index (χ4v) is 3.23. The number of aryl methyl sites for hydroxylation is 1. The molecule has 1 atom stereocenters. The van der Waals surface area contributed by atoms with E-state index in [4.69, 9.17) is 13.9 Å². The van der Waals surface area contributed by atoms with Crippen LogP contribution in [0.2, 0.25) is 0 Å². The average molecular weight is 411 g/mol. The van der Waals surface area contributed by atoms with Gasteiger partial charge in [-0.05, 0) is 24.1 Å². The first-order valence-electron chi connectivity index (χ1n) is 9.11. The van der Waals surface area contributed by atoms with E-state index in [2.05, 4.69) is 5.32 Å². The Morgan fingerprint density at radius 1 is 1.10 bits per heavy atom. The number of carboxylic acid groups (broad SMARTS) is 1. The number of fused-ring (bicyclic) bond motifs is 1. The van der Waals surface area contributed by atoms with Gasteiger partial charge in [0.05, 0.1) is 26.2 Å². The molecule has 3 aromatic rings. The molecular formula is C22H21NO7. The van der Waals surface area contributed by atoms with E-state index in [1.807, 2.05) is 0 Å². The van der Waals surface area contributed by atoms with Crippen molar-refractivity contribution < 1.29 is 28.6 Å². The number of nitrogens with one attached hydrogen (secondary N) is 1. The van der Waals surface area contributed by atoms with Gasteiger partial charge >= 0.3 is 11.6 Å². The highest BCUT2D eigenvalue weighted by Crippen LogP contribution is 2.33. The third kappa shape index (κ3) is 4.12. The normalized spacial score (nSPS) is 11.7. The number of hydrogen-bond donors (Lipinski definition) is 2. The van der Waals surface area contributed by atoms with Crippen LogP contribution < -0.4 is 20.4 Å². The highest BCUT2D eigenvalue weighted by Gasteiger charge is 2.24. The number of carbonyl (C=O) groups is 2. The first-order chi connectivity index (χ1) is 14.3. The lowest BCUT2D eigenvalue weighted by Crippen LogP contribution is -2.35. The molecule has 8 nitrogen and oxygen atoms in total. The topological polar surface area (TPSA) is 115 Å². The number of carboxylic acids is 1. The fourth-order valence-electron chi connectivity index (χ4n) is 3.23. The molecule has 1 amide bonds. The molecule has 30 heavy (non-hydrogen) atoms. The first-order valence-corrected chi connectivity index (χ1v) is 9.11. The minimum atomic E-state index is -1.23. The van der Waals surface area contributed by atoms with Crippen molar-refractivity contribution in [1.82, 2.24) is 5.32 Å². The summed E-state index contributed by atoms with van der Waals surface area (Å²) in [7, 11) is 2.96. The van der Waals surface area contributed by atoms with Crippen molar-refractivity contribution in [3.05, 3.63) is 69.6 Å². The number of carbonyl (C=O) groups excluding carboxylic acids is 1. The van der Waals surface area contributed by atoms with E-state index in [0.717, 1.165) is 0 Å². The highest BCUT2D eigenvalue weighted by atomic mass is 16.5. The van der Waals surface area contributed by atoms with Crippen LogP contribution in [0.3, 0.4) is 0 Å². The van der Waals surface area contributed by atoms with Crippen molar-refractivity contribution in [1.29, 1.82) is 0 Å². The van der Waals surface area contributed by atoms with Crippen LogP contribution in [-0.4, -0.2) is 31.2 Å². The van der Waals surface area contributed by atoms with E-state index in [9.17, 15) is 19.5 Å². The molecule has 0 unspecified atom stereocenters. The summed E-state index contributed by atoms with van der Waals surface area (Å²) >= 11 is 0. The van der Waals surface area contributed by atoms with Crippen LogP contribution in [0.5, 0.6) is 11.5 Å². The summed E-state index contributed by atoms with van der Waals surface area (Å²) in [6, 6.07) is 10.3. The molecule has 0 aliphatic rings. The van der Waals surface area contributed by atoms with Crippen molar-refractivity contribution in [2.24, 2.45) is 0 Å². The van der Waals surface area contributed by atoms with Crippen LogP contribution in [0.25, 0.3) is 11.0 Å². The zero-order chi connectivity index (χ0) is 21.8. The van der Waals surface area contributed by atoms with Gasteiger partial charge < -0.3 is 24.3 Å². The zero-order valence-electron chi connectivity index (χ0n) is 16.7. The summed E-state index contributed by atoms with van der Waals surface area (Å²) in [6.07, 6.45) is -0.324. The van der Waals surface area contributed by atoms with Crippen LogP contribution in [0, 0.1) is 6.92 Å². The number of methoxy groups -OCH3 is 2. The molecule has 156 valence electrons. The molecule has 0 bridgehead atoms. The van der Waals surface area contributed by atoms with Gasteiger partial charge in [0.2, 0.25) is 5.91 Å². The van der Waals surface area contributed by atoms with Gasteiger partial charge in [-0.15, -0.1) is 0 Å². The van der Waals surface area contributed by atoms with Gasteiger partial charge in [0.1, 0.15) is 5.58 Å². The summed E-state index contributed by atoms with van der Waals surface area (Å²) in [6.45, 7) is 1.69. The Balaban J connectivity index is 1.93. The molecule has 3 rings (SSSR count). The molecule has 0 radical (unpaired) electrons. The number of hydrogen-bond acceptors (Lipinski definition) is 6. The summed E-state index contributed by atoms with van der Waals surface area (Å²) in [5.74, 6) is -0.951. The third-order valence-electron chi connectivity index (χ3n) is 4.81. The molecule has 1 aromatic heterocycles. The smallest absolute Gasteiger partial charge is 0.340 e. The fraction of sp³-hybridized carbons (Fsp3) is 0.227. The summed E-state index contributed by atoms with van der Waals surface area (Å²) in [5, 5.41) is 12.5.